The van der Waals surface area contributed by atoms with E-state index in [0.717, 1.165) is 12.2 Å². The number of aliphatic hydroxyl groups is 1. The summed E-state index contributed by atoms with van der Waals surface area (Å²) in [5, 5.41) is 14.0. The highest BCUT2D eigenvalue weighted by atomic mass is 16.5. The van der Waals surface area contributed by atoms with Gasteiger partial charge in [-0.2, -0.15) is 0 Å². The number of benzene rings is 1. The normalized spacial score (nSPS) is 11.7. The molecule has 0 aromatic heterocycles. The molecule has 19 heavy (non-hydrogen) atoms. The van der Waals surface area contributed by atoms with Crippen molar-refractivity contribution >= 4 is 11.7 Å². The minimum absolute atomic E-state index is 0.0714. The maximum atomic E-state index is 11.5. The van der Waals surface area contributed by atoms with Gasteiger partial charge in [0, 0.05) is 18.8 Å². The fraction of sp³-hybridized carbons (Fsp3) is 0.500. The van der Waals surface area contributed by atoms with Crippen molar-refractivity contribution in [3.8, 4) is 5.75 Å². The molecule has 0 aliphatic heterocycles. The molecule has 0 saturated carbocycles. The van der Waals surface area contributed by atoms with Crippen LogP contribution in [-0.4, -0.2) is 30.4 Å². The van der Waals surface area contributed by atoms with E-state index >= 15 is 0 Å². The summed E-state index contributed by atoms with van der Waals surface area (Å²) in [4.78, 5) is 11.5. The molecule has 0 saturated heterocycles. The summed E-state index contributed by atoms with van der Waals surface area (Å²) in [7, 11) is 0. The molecule has 0 heterocycles. The third-order valence-corrected chi connectivity index (χ3v) is 2.64. The Morgan fingerprint density at radius 3 is 2.63 bits per heavy atom. The Kier molecular flexibility index (Phi) is 6.74. The van der Waals surface area contributed by atoms with E-state index < -0.39 is 0 Å². The number of nitrogens with one attached hydrogen (secondary N) is 2. The van der Waals surface area contributed by atoms with Crippen LogP contribution in [0.25, 0.3) is 0 Å². The summed E-state index contributed by atoms with van der Waals surface area (Å²) in [6.45, 7) is 4.61. The average molecular weight is 266 g/mol. The van der Waals surface area contributed by atoms with Crippen LogP contribution in [0, 0.1) is 0 Å². The number of hydrogen-bond acceptors (Lipinski definition) is 3. The van der Waals surface area contributed by atoms with E-state index in [0.29, 0.717) is 18.7 Å². The predicted octanol–water partition coefficient (Wildman–Crippen LogP) is 2.37. The molecule has 1 unspecified atom stereocenters. The van der Waals surface area contributed by atoms with E-state index in [1.54, 1.807) is 12.1 Å². The van der Waals surface area contributed by atoms with Crippen LogP contribution in [0.15, 0.2) is 24.3 Å². The summed E-state index contributed by atoms with van der Waals surface area (Å²) in [6.07, 6.45) is 1.68. The lowest BCUT2D eigenvalue weighted by Gasteiger charge is -2.13. The molecule has 1 rings (SSSR count). The number of carbonyl (C=O) groups excluding carboxylic acids is 1. The van der Waals surface area contributed by atoms with Crippen molar-refractivity contribution in [2.75, 3.05) is 18.5 Å². The summed E-state index contributed by atoms with van der Waals surface area (Å²) >= 11 is 0. The van der Waals surface area contributed by atoms with Crippen molar-refractivity contribution < 1.29 is 14.6 Å². The van der Waals surface area contributed by atoms with E-state index in [2.05, 4.69) is 17.6 Å². The number of hydrogen-bond donors (Lipinski definition) is 3. The fourth-order valence-electron chi connectivity index (χ4n) is 1.39. The van der Waals surface area contributed by atoms with Gasteiger partial charge in [0.15, 0.2) is 0 Å². The van der Waals surface area contributed by atoms with Crippen LogP contribution in [0.5, 0.6) is 5.75 Å². The van der Waals surface area contributed by atoms with Crippen LogP contribution in [0.4, 0.5) is 10.5 Å². The number of urea groups is 1. The molecule has 0 fully saturated rings. The first-order chi connectivity index (χ1) is 9.15. The van der Waals surface area contributed by atoms with E-state index in [9.17, 15) is 4.79 Å². The van der Waals surface area contributed by atoms with Gasteiger partial charge < -0.3 is 20.5 Å². The van der Waals surface area contributed by atoms with Gasteiger partial charge in [0.1, 0.15) is 5.75 Å². The van der Waals surface area contributed by atoms with Gasteiger partial charge in [0.25, 0.3) is 0 Å². The number of amides is 2. The van der Waals surface area contributed by atoms with Crippen LogP contribution in [0.3, 0.4) is 0 Å². The molecule has 1 aromatic rings. The van der Waals surface area contributed by atoms with Gasteiger partial charge in [0.05, 0.1) is 6.10 Å². The van der Waals surface area contributed by atoms with Gasteiger partial charge in [-0.15, -0.1) is 0 Å². The Balaban J connectivity index is 2.41. The predicted molar refractivity (Wildman–Crippen MR) is 75.5 cm³/mol. The van der Waals surface area contributed by atoms with E-state index in [4.69, 9.17) is 9.84 Å². The highest BCUT2D eigenvalue weighted by Gasteiger charge is 2.03. The number of rotatable bonds is 7. The fourth-order valence-corrected chi connectivity index (χ4v) is 1.39. The third-order valence-electron chi connectivity index (χ3n) is 2.64. The summed E-state index contributed by atoms with van der Waals surface area (Å²) in [5.74, 6) is 0.792. The lowest BCUT2D eigenvalue weighted by atomic mass is 10.3. The van der Waals surface area contributed by atoms with E-state index in [1.165, 1.54) is 0 Å². The molecule has 0 aliphatic carbocycles. The molecular formula is C14H22N2O3. The molecule has 0 spiro atoms. The van der Waals surface area contributed by atoms with Gasteiger partial charge >= 0.3 is 6.03 Å². The molecule has 5 heteroatoms. The Bertz CT molecular complexity index is 379. The van der Waals surface area contributed by atoms with Gasteiger partial charge in [-0.3, -0.25) is 0 Å². The van der Waals surface area contributed by atoms with Crippen LogP contribution < -0.4 is 15.4 Å². The summed E-state index contributed by atoms with van der Waals surface area (Å²) in [5.41, 5.74) is 0.706. The maximum absolute atomic E-state index is 11.5. The second-order valence-corrected chi connectivity index (χ2v) is 4.32. The summed E-state index contributed by atoms with van der Waals surface area (Å²) < 4.78 is 5.65. The molecule has 3 N–H and O–H groups in total. The second kappa shape index (κ2) is 8.37. The van der Waals surface area contributed by atoms with Crippen molar-refractivity contribution in [3.63, 3.8) is 0 Å². The SMILES string of the molecule is CCC(C)Oc1ccc(NC(=O)NCCCO)cc1. The topological polar surface area (TPSA) is 70.6 Å². The molecule has 1 atom stereocenters. The van der Waals surface area contributed by atoms with Crippen LogP contribution in [-0.2, 0) is 0 Å². The first kappa shape index (κ1) is 15.3. The van der Waals surface area contributed by atoms with Gasteiger partial charge in [-0.1, -0.05) is 6.92 Å². The molecule has 1 aromatic carbocycles. The molecule has 2 amide bonds. The van der Waals surface area contributed by atoms with Gasteiger partial charge in [-0.25, -0.2) is 4.79 Å². The lowest BCUT2D eigenvalue weighted by molar-refractivity contribution is 0.217. The molecular weight excluding hydrogens is 244 g/mol. The Hall–Kier alpha value is -1.75. The zero-order chi connectivity index (χ0) is 14.1. The Morgan fingerprint density at radius 1 is 1.37 bits per heavy atom. The van der Waals surface area contributed by atoms with Crippen LogP contribution in [0.2, 0.25) is 0 Å². The third kappa shape index (κ3) is 6.10. The van der Waals surface area contributed by atoms with E-state index in [-0.39, 0.29) is 18.7 Å². The number of anilines is 1. The number of ether oxygens (including phenoxy) is 1. The minimum Gasteiger partial charge on any atom is -0.491 e. The van der Waals surface area contributed by atoms with Crippen molar-refractivity contribution in [1.29, 1.82) is 0 Å². The second-order valence-electron chi connectivity index (χ2n) is 4.32. The van der Waals surface area contributed by atoms with Crippen LogP contribution >= 0.6 is 0 Å². The van der Waals surface area contributed by atoms with E-state index in [1.807, 2.05) is 19.1 Å². The lowest BCUT2D eigenvalue weighted by Crippen LogP contribution is -2.29. The highest BCUT2D eigenvalue weighted by molar-refractivity contribution is 5.89. The zero-order valence-electron chi connectivity index (χ0n) is 11.5. The largest absolute Gasteiger partial charge is 0.491 e. The maximum Gasteiger partial charge on any atom is 0.319 e. The summed E-state index contributed by atoms with van der Waals surface area (Å²) in [6, 6.07) is 6.97. The van der Waals surface area contributed by atoms with Crippen LogP contribution in [0.1, 0.15) is 26.7 Å². The van der Waals surface area contributed by atoms with Crippen molar-refractivity contribution in [2.24, 2.45) is 0 Å². The Morgan fingerprint density at radius 2 is 2.05 bits per heavy atom. The first-order valence-corrected chi connectivity index (χ1v) is 6.58. The molecule has 5 nitrogen and oxygen atoms in total. The van der Waals surface area contributed by atoms with Crippen molar-refractivity contribution in [1.82, 2.24) is 5.32 Å². The molecule has 0 bridgehead atoms. The smallest absolute Gasteiger partial charge is 0.319 e. The number of aliphatic hydroxyl groups excluding tert-OH is 1. The average Bonchev–Trinajstić information content (AvgIpc) is 2.41. The molecule has 0 radical (unpaired) electrons. The highest BCUT2D eigenvalue weighted by Crippen LogP contribution is 2.17. The molecule has 0 aliphatic rings. The zero-order valence-corrected chi connectivity index (χ0v) is 11.5. The van der Waals surface area contributed by atoms with Gasteiger partial charge in [0.2, 0.25) is 0 Å². The number of carbonyl (C=O) groups is 1. The standard InChI is InChI=1S/C14H22N2O3/c1-3-11(2)19-13-7-5-12(6-8-13)16-14(18)15-9-4-10-17/h5-8,11,17H,3-4,9-10H2,1-2H3,(H2,15,16,18). The molecule has 106 valence electrons. The van der Waals surface area contributed by atoms with Crippen molar-refractivity contribution in [3.05, 3.63) is 24.3 Å². The Labute approximate surface area is 114 Å². The quantitative estimate of drug-likeness (QED) is 0.663. The first-order valence-electron chi connectivity index (χ1n) is 6.58. The van der Waals surface area contributed by atoms with Crippen molar-refractivity contribution in [2.45, 2.75) is 32.8 Å². The monoisotopic (exact) mass is 266 g/mol. The minimum atomic E-state index is -0.274. The van der Waals surface area contributed by atoms with Gasteiger partial charge in [-0.05, 0) is 44.0 Å².